The molecular weight excluding hydrogens is 446 g/mol. The van der Waals surface area contributed by atoms with Gasteiger partial charge in [0.1, 0.15) is 0 Å². The van der Waals surface area contributed by atoms with Crippen molar-refractivity contribution in [1.29, 1.82) is 0 Å². The van der Waals surface area contributed by atoms with Crippen molar-refractivity contribution in [3.8, 4) is 22.5 Å². The number of carbonyl (C=O) groups excluding carboxylic acids is 1. The van der Waals surface area contributed by atoms with E-state index in [1.54, 1.807) is 0 Å². The standard InChI is InChI=1S/C30H27N5O/c1-20-6-5-7-21(16-20)17-31-28-29-32-18-27(35(29)19-26(34-28)22-8-3-2-4-9-22)23-10-12-24(13-11-23)30(36)33-25-14-15-25/h2-13,16,18-19,25H,14-15,17H2,1H3,(H,31,34)(H,33,36). The Labute approximate surface area is 210 Å². The zero-order chi connectivity index (χ0) is 24.5. The molecule has 0 aliphatic heterocycles. The Bertz CT molecular complexity index is 1540. The van der Waals surface area contributed by atoms with E-state index in [9.17, 15) is 4.79 Å². The van der Waals surface area contributed by atoms with Gasteiger partial charge in [-0.2, -0.15) is 0 Å². The summed E-state index contributed by atoms with van der Waals surface area (Å²) in [5, 5.41) is 6.55. The van der Waals surface area contributed by atoms with Crippen LogP contribution < -0.4 is 10.6 Å². The third kappa shape index (κ3) is 4.58. The van der Waals surface area contributed by atoms with Crippen LogP contribution in [0.25, 0.3) is 28.2 Å². The Hall–Kier alpha value is -4.45. The number of imidazole rings is 1. The minimum absolute atomic E-state index is 0.0135. The van der Waals surface area contributed by atoms with Crippen molar-refractivity contribution in [2.45, 2.75) is 32.4 Å². The molecule has 6 heteroatoms. The number of carbonyl (C=O) groups is 1. The van der Waals surface area contributed by atoms with Crippen molar-refractivity contribution in [3.63, 3.8) is 0 Å². The molecule has 1 saturated carbocycles. The predicted molar refractivity (Wildman–Crippen MR) is 143 cm³/mol. The number of benzene rings is 3. The molecule has 36 heavy (non-hydrogen) atoms. The number of hydrogen-bond acceptors (Lipinski definition) is 4. The van der Waals surface area contributed by atoms with E-state index in [-0.39, 0.29) is 5.91 Å². The number of fused-ring (bicyclic) bond motifs is 1. The highest BCUT2D eigenvalue weighted by molar-refractivity contribution is 5.95. The second kappa shape index (κ2) is 9.30. The van der Waals surface area contributed by atoms with E-state index in [0.717, 1.165) is 46.8 Å². The van der Waals surface area contributed by atoms with Gasteiger partial charge in [-0.15, -0.1) is 0 Å². The van der Waals surface area contributed by atoms with Crippen molar-refractivity contribution >= 4 is 17.4 Å². The molecule has 1 amide bonds. The Kier molecular flexibility index (Phi) is 5.70. The largest absolute Gasteiger partial charge is 0.363 e. The second-order valence-corrected chi connectivity index (χ2v) is 9.35. The lowest BCUT2D eigenvalue weighted by Gasteiger charge is -2.12. The van der Waals surface area contributed by atoms with E-state index in [1.807, 2.05) is 54.9 Å². The quantitative estimate of drug-likeness (QED) is 0.310. The Morgan fingerprint density at radius 1 is 0.972 bits per heavy atom. The average Bonchev–Trinajstić information content (AvgIpc) is 3.62. The molecule has 0 atom stereocenters. The zero-order valence-corrected chi connectivity index (χ0v) is 20.1. The number of rotatable bonds is 7. The van der Waals surface area contributed by atoms with Crippen molar-refractivity contribution in [2.24, 2.45) is 0 Å². The molecule has 6 rings (SSSR count). The summed E-state index contributed by atoms with van der Waals surface area (Å²) in [5.74, 6) is 0.713. The minimum atomic E-state index is -0.0135. The van der Waals surface area contributed by atoms with E-state index >= 15 is 0 Å². The molecule has 1 fully saturated rings. The molecule has 0 saturated heterocycles. The number of nitrogens with one attached hydrogen (secondary N) is 2. The van der Waals surface area contributed by atoms with Gasteiger partial charge in [0.05, 0.1) is 17.6 Å². The van der Waals surface area contributed by atoms with Crippen LogP contribution in [-0.2, 0) is 6.54 Å². The lowest BCUT2D eigenvalue weighted by molar-refractivity contribution is 0.0951. The lowest BCUT2D eigenvalue weighted by atomic mass is 10.1. The summed E-state index contributed by atoms with van der Waals surface area (Å²) in [6.45, 7) is 2.74. The van der Waals surface area contributed by atoms with Crippen LogP contribution in [-0.4, -0.2) is 26.3 Å². The van der Waals surface area contributed by atoms with Crippen molar-refractivity contribution < 1.29 is 4.79 Å². The number of aromatic nitrogens is 3. The van der Waals surface area contributed by atoms with E-state index in [1.165, 1.54) is 11.1 Å². The van der Waals surface area contributed by atoms with Crippen LogP contribution in [0, 0.1) is 6.92 Å². The van der Waals surface area contributed by atoms with Crippen LogP contribution in [0.3, 0.4) is 0 Å². The van der Waals surface area contributed by atoms with Crippen LogP contribution in [0.2, 0.25) is 0 Å². The van der Waals surface area contributed by atoms with Gasteiger partial charge in [0.2, 0.25) is 0 Å². The summed E-state index contributed by atoms with van der Waals surface area (Å²) in [6.07, 6.45) is 6.04. The van der Waals surface area contributed by atoms with Crippen molar-refractivity contribution in [3.05, 3.63) is 108 Å². The van der Waals surface area contributed by atoms with Crippen LogP contribution in [0.15, 0.2) is 91.3 Å². The highest BCUT2D eigenvalue weighted by atomic mass is 16.1. The minimum Gasteiger partial charge on any atom is -0.363 e. The Morgan fingerprint density at radius 2 is 1.78 bits per heavy atom. The molecule has 1 aliphatic rings. The van der Waals surface area contributed by atoms with E-state index < -0.39 is 0 Å². The van der Waals surface area contributed by atoms with Crippen molar-refractivity contribution in [1.82, 2.24) is 19.7 Å². The summed E-state index contributed by atoms with van der Waals surface area (Å²) in [7, 11) is 0. The number of hydrogen-bond donors (Lipinski definition) is 2. The molecule has 1 aliphatic carbocycles. The van der Waals surface area contributed by atoms with Crippen LogP contribution in [0.1, 0.15) is 34.3 Å². The smallest absolute Gasteiger partial charge is 0.251 e. The summed E-state index contributed by atoms with van der Waals surface area (Å²) >= 11 is 0. The summed E-state index contributed by atoms with van der Waals surface area (Å²) in [4.78, 5) is 22.1. The molecule has 0 radical (unpaired) electrons. The zero-order valence-electron chi connectivity index (χ0n) is 20.1. The van der Waals surface area contributed by atoms with Gasteiger partial charge < -0.3 is 10.6 Å². The third-order valence-electron chi connectivity index (χ3n) is 6.46. The molecular formula is C30H27N5O. The van der Waals surface area contributed by atoms with Crippen molar-refractivity contribution in [2.75, 3.05) is 5.32 Å². The predicted octanol–water partition coefficient (Wildman–Crippen LogP) is 5.88. The van der Waals surface area contributed by atoms with Crippen LogP contribution in [0.5, 0.6) is 0 Å². The van der Waals surface area contributed by atoms with Crippen LogP contribution >= 0.6 is 0 Å². The maximum atomic E-state index is 12.4. The SMILES string of the molecule is Cc1cccc(CNc2nc(-c3ccccc3)cn3c(-c4ccc(C(=O)NC5CC5)cc4)cnc23)c1. The molecule has 178 valence electrons. The van der Waals surface area contributed by atoms with Gasteiger partial charge in [-0.25, -0.2) is 9.97 Å². The molecule has 5 aromatic rings. The first-order chi connectivity index (χ1) is 17.6. The third-order valence-corrected chi connectivity index (χ3v) is 6.46. The van der Waals surface area contributed by atoms with Gasteiger partial charge in [0.25, 0.3) is 5.91 Å². The highest BCUT2D eigenvalue weighted by Gasteiger charge is 2.23. The first-order valence-corrected chi connectivity index (χ1v) is 12.3. The number of nitrogens with zero attached hydrogens (tertiary/aromatic N) is 3. The average molecular weight is 474 g/mol. The Morgan fingerprint density at radius 3 is 2.53 bits per heavy atom. The fourth-order valence-electron chi connectivity index (χ4n) is 4.37. The Balaban J connectivity index is 1.38. The number of anilines is 1. The fourth-order valence-corrected chi connectivity index (χ4v) is 4.37. The molecule has 3 aromatic carbocycles. The molecule has 6 nitrogen and oxygen atoms in total. The normalized spacial score (nSPS) is 13.0. The first-order valence-electron chi connectivity index (χ1n) is 12.3. The number of aryl methyl sites for hydroxylation is 1. The number of amides is 1. The van der Waals surface area contributed by atoms with Gasteiger partial charge in [0.15, 0.2) is 11.5 Å². The van der Waals surface area contributed by atoms with E-state index in [2.05, 4.69) is 58.4 Å². The summed E-state index contributed by atoms with van der Waals surface area (Å²) < 4.78 is 2.08. The molecule has 0 spiro atoms. The molecule has 2 aromatic heterocycles. The molecule has 2 N–H and O–H groups in total. The van der Waals surface area contributed by atoms with Gasteiger partial charge in [0, 0.05) is 35.5 Å². The second-order valence-electron chi connectivity index (χ2n) is 9.35. The van der Waals surface area contributed by atoms with Gasteiger partial charge in [-0.1, -0.05) is 72.3 Å². The first kappa shape index (κ1) is 22.0. The van der Waals surface area contributed by atoms with E-state index in [4.69, 9.17) is 9.97 Å². The highest BCUT2D eigenvalue weighted by Crippen LogP contribution is 2.28. The monoisotopic (exact) mass is 473 g/mol. The molecule has 0 bridgehead atoms. The summed E-state index contributed by atoms with van der Waals surface area (Å²) in [5.41, 5.74) is 7.66. The van der Waals surface area contributed by atoms with E-state index in [0.29, 0.717) is 18.2 Å². The topological polar surface area (TPSA) is 71.3 Å². The maximum absolute atomic E-state index is 12.4. The van der Waals surface area contributed by atoms with Gasteiger partial charge in [-0.05, 0) is 37.5 Å². The maximum Gasteiger partial charge on any atom is 0.251 e. The van der Waals surface area contributed by atoms with Crippen LogP contribution in [0.4, 0.5) is 5.82 Å². The molecule has 0 unspecified atom stereocenters. The molecule has 2 heterocycles. The van der Waals surface area contributed by atoms with Gasteiger partial charge >= 0.3 is 0 Å². The van der Waals surface area contributed by atoms with Gasteiger partial charge in [-0.3, -0.25) is 9.20 Å². The fraction of sp³-hybridized carbons (Fsp3) is 0.167. The lowest BCUT2D eigenvalue weighted by Crippen LogP contribution is -2.25. The summed E-state index contributed by atoms with van der Waals surface area (Å²) in [6, 6.07) is 26.6.